The summed E-state index contributed by atoms with van der Waals surface area (Å²) >= 11 is 1.33. The van der Waals surface area contributed by atoms with Gasteiger partial charge in [-0.25, -0.2) is 0 Å². The molecule has 1 saturated carbocycles. The van der Waals surface area contributed by atoms with E-state index in [2.05, 4.69) is 26.1 Å². The molecule has 2 aromatic rings. The van der Waals surface area contributed by atoms with Gasteiger partial charge in [0.05, 0.1) is 12.7 Å². The number of para-hydroxylation sites is 1. The number of hydrogen-bond acceptors (Lipinski definition) is 7. The quantitative estimate of drug-likeness (QED) is 0.569. The summed E-state index contributed by atoms with van der Waals surface area (Å²) in [6, 6.07) is 7.78. The molecule has 1 aromatic heterocycles. The minimum absolute atomic E-state index is 0.258. The average molecular weight is 390 g/mol. The zero-order valence-electron chi connectivity index (χ0n) is 15.7. The van der Waals surface area contributed by atoms with Crippen LogP contribution in [0.3, 0.4) is 0 Å². The molecule has 0 saturated heterocycles. The van der Waals surface area contributed by atoms with Crippen molar-refractivity contribution in [3.8, 4) is 5.75 Å². The minimum Gasteiger partial charge on any atom is -0.496 e. The normalized spacial score (nSPS) is 14.7. The second-order valence-electron chi connectivity index (χ2n) is 6.64. The van der Waals surface area contributed by atoms with Crippen LogP contribution in [0.5, 0.6) is 5.75 Å². The molecule has 8 heteroatoms. The van der Waals surface area contributed by atoms with Gasteiger partial charge in [-0.05, 0) is 37.9 Å². The number of ether oxygens (including phenoxy) is 1. The van der Waals surface area contributed by atoms with E-state index in [1.807, 2.05) is 6.07 Å². The van der Waals surface area contributed by atoms with Crippen LogP contribution in [0.25, 0.3) is 0 Å². The van der Waals surface area contributed by atoms with Crippen molar-refractivity contribution < 1.29 is 9.53 Å². The fourth-order valence-electron chi connectivity index (χ4n) is 3.24. The van der Waals surface area contributed by atoms with Crippen LogP contribution in [0.15, 0.2) is 24.3 Å². The van der Waals surface area contributed by atoms with Crippen LogP contribution in [0.4, 0.5) is 10.3 Å². The maximum atomic E-state index is 12.4. The van der Waals surface area contributed by atoms with E-state index in [9.17, 15) is 4.79 Å². The number of carbonyl (C=O) groups is 1. The summed E-state index contributed by atoms with van der Waals surface area (Å²) in [6.07, 6.45) is 7.72. The van der Waals surface area contributed by atoms with E-state index in [4.69, 9.17) is 4.74 Å². The fraction of sp³-hybridized carbons (Fsp3) is 0.526. The molecule has 27 heavy (non-hydrogen) atoms. The number of nitrogens with zero attached hydrogens (tertiary/aromatic N) is 2. The Bertz CT molecular complexity index is 730. The molecule has 0 radical (unpaired) electrons. The Labute approximate surface area is 163 Å². The topological polar surface area (TPSA) is 88.2 Å². The number of hydrogen-bond donors (Lipinski definition) is 3. The predicted octanol–water partition coefficient (Wildman–Crippen LogP) is 3.52. The van der Waals surface area contributed by atoms with Crippen molar-refractivity contribution in [2.45, 2.75) is 44.6 Å². The predicted molar refractivity (Wildman–Crippen MR) is 109 cm³/mol. The van der Waals surface area contributed by atoms with Crippen LogP contribution < -0.4 is 20.7 Å². The molecule has 0 bridgehead atoms. The summed E-state index contributed by atoms with van der Waals surface area (Å²) in [5.41, 5.74) is 0.471. The summed E-state index contributed by atoms with van der Waals surface area (Å²) in [5.74, 6) is 0.273. The molecule has 3 N–H and O–H groups in total. The second kappa shape index (κ2) is 10.2. The van der Waals surface area contributed by atoms with Crippen LogP contribution in [0, 0.1) is 0 Å². The van der Waals surface area contributed by atoms with E-state index < -0.39 is 0 Å². The molecule has 7 nitrogen and oxygen atoms in total. The first-order chi connectivity index (χ1) is 13.3. The Hall–Kier alpha value is -2.19. The molecule has 0 atom stereocenters. The third-order valence-electron chi connectivity index (χ3n) is 4.67. The van der Waals surface area contributed by atoms with E-state index in [1.54, 1.807) is 25.3 Å². The number of rotatable bonds is 9. The highest BCUT2D eigenvalue weighted by Crippen LogP contribution is 2.23. The summed E-state index contributed by atoms with van der Waals surface area (Å²) in [5, 5.41) is 19.0. The van der Waals surface area contributed by atoms with Crippen molar-refractivity contribution in [2.75, 3.05) is 30.8 Å². The van der Waals surface area contributed by atoms with Gasteiger partial charge in [-0.1, -0.05) is 42.7 Å². The Morgan fingerprint density at radius 1 is 1.15 bits per heavy atom. The van der Waals surface area contributed by atoms with Gasteiger partial charge in [0.2, 0.25) is 10.3 Å². The number of benzene rings is 1. The first kappa shape index (κ1) is 19.6. The molecule has 0 unspecified atom stereocenters. The van der Waals surface area contributed by atoms with Gasteiger partial charge in [-0.2, -0.15) is 0 Å². The number of nitrogens with one attached hydrogen (secondary N) is 3. The maximum absolute atomic E-state index is 12.4. The van der Waals surface area contributed by atoms with Crippen molar-refractivity contribution in [2.24, 2.45) is 0 Å². The zero-order valence-corrected chi connectivity index (χ0v) is 16.5. The number of anilines is 2. The molecule has 1 aliphatic rings. The summed E-state index contributed by atoms with van der Waals surface area (Å²) in [7, 11) is 1.54. The van der Waals surface area contributed by atoms with E-state index >= 15 is 0 Å². The van der Waals surface area contributed by atoms with Crippen molar-refractivity contribution in [3.05, 3.63) is 29.8 Å². The van der Waals surface area contributed by atoms with Crippen molar-refractivity contribution >= 4 is 27.5 Å². The van der Waals surface area contributed by atoms with Gasteiger partial charge < -0.3 is 15.4 Å². The van der Waals surface area contributed by atoms with Crippen LogP contribution in [0.2, 0.25) is 0 Å². The summed E-state index contributed by atoms with van der Waals surface area (Å²) in [4.78, 5) is 12.4. The Morgan fingerprint density at radius 3 is 2.74 bits per heavy atom. The zero-order chi connectivity index (χ0) is 18.9. The Morgan fingerprint density at radius 2 is 1.93 bits per heavy atom. The minimum atomic E-state index is -0.258. The molecule has 1 aliphatic carbocycles. The fourth-order valence-corrected chi connectivity index (χ4v) is 3.90. The van der Waals surface area contributed by atoms with Gasteiger partial charge in [-0.15, -0.1) is 10.2 Å². The van der Waals surface area contributed by atoms with Crippen LogP contribution in [-0.2, 0) is 0 Å². The van der Waals surface area contributed by atoms with Crippen LogP contribution >= 0.6 is 11.3 Å². The van der Waals surface area contributed by atoms with Crippen molar-refractivity contribution in [1.82, 2.24) is 15.5 Å². The molecule has 1 fully saturated rings. The van der Waals surface area contributed by atoms with Gasteiger partial charge in [0, 0.05) is 12.6 Å². The Balaban J connectivity index is 1.39. The highest BCUT2D eigenvalue weighted by atomic mass is 32.1. The highest BCUT2D eigenvalue weighted by molar-refractivity contribution is 7.19. The smallest absolute Gasteiger partial charge is 0.261 e. The van der Waals surface area contributed by atoms with E-state index in [0.29, 0.717) is 27.6 Å². The Kier molecular flexibility index (Phi) is 7.41. The monoisotopic (exact) mass is 389 g/mol. The van der Waals surface area contributed by atoms with Crippen molar-refractivity contribution in [3.63, 3.8) is 0 Å². The van der Waals surface area contributed by atoms with Gasteiger partial charge in [0.1, 0.15) is 5.75 Å². The average Bonchev–Trinajstić information content (AvgIpc) is 3.15. The molecule has 1 heterocycles. The number of aromatic nitrogens is 2. The maximum Gasteiger partial charge on any atom is 0.261 e. The molecule has 0 spiro atoms. The summed E-state index contributed by atoms with van der Waals surface area (Å²) in [6.45, 7) is 1.84. The first-order valence-electron chi connectivity index (χ1n) is 9.51. The number of carbonyl (C=O) groups excluding carboxylic acids is 1. The second-order valence-corrected chi connectivity index (χ2v) is 7.61. The largest absolute Gasteiger partial charge is 0.496 e. The summed E-state index contributed by atoms with van der Waals surface area (Å²) < 4.78 is 5.22. The lowest BCUT2D eigenvalue weighted by Crippen LogP contribution is -2.32. The van der Waals surface area contributed by atoms with Gasteiger partial charge >= 0.3 is 0 Å². The molecule has 146 valence electrons. The lowest BCUT2D eigenvalue weighted by atomic mass is 9.95. The molecule has 1 amide bonds. The SMILES string of the molecule is COc1ccccc1C(=O)Nc1nnc(NCCCNC2CCCCC2)s1. The first-order valence-corrected chi connectivity index (χ1v) is 10.3. The van der Waals surface area contributed by atoms with E-state index in [1.165, 1.54) is 43.4 Å². The standard InChI is InChI=1S/C19H27N5O2S/c1-26-16-11-6-5-10-15(16)17(25)22-19-24-23-18(27-19)21-13-7-12-20-14-8-3-2-4-9-14/h5-6,10-11,14,20H,2-4,7-9,12-13H2,1H3,(H,21,23)(H,22,24,25). The molecule has 0 aliphatic heterocycles. The molecular weight excluding hydrogens is 362 g/mol. The molecule has 3 rings (SSSR count). The lowest BCUT2D eigenvalue weighted by molar-refractivity contribution is 0.102. The van der Waals surface area contributed by atoms with Crippen LogP contribution in [-0.4, -0.2) is 42.3 Å². The number of methoxy groups -OCH3 is 1. The molecule has 1 aromatic carbocycles. The van der Waals surface area contributed by atoms with E-state index in [-0.39, 0.29) is 5.91 Å². The van der Waals surface area contributed by atoms with Crippen molar-refractivity contribution in [1.29, 1.82) is 0 Å². The van der Waals surface area contributed by atoms with Gasteiger partial charge in [-0.3, -0.25) is 10.1 Å². The third-order valence-corrected chi connectivity index (χ3v) is 5.46. The molecular formula is C19H27N5O2S. The number of amides is 1. The van der Waals surface area contributed by atoms with E-state index in [0.717, 1.165) is 19.5 Å². The third kappa shape index (κ3) is 5.90. The van der Waals surface area contributed by atoms with Gasteiger partial charge in [0.15, 0.2) is 0 Å². The van der Waals surface area contributed by atoms with Crippen LogP contribution in [0.1, 0.15) is 48.9 Å². The van der Waals surface area contributed by atoms with Gasteiger partial charge in [0.25, 0.3) is 5.91 Å². The lowest BCUT2D eigenvalue weighted by Gasteiger charge is -2.22. The highest BCUT2D eigenvalue weighted by Gasteiger charge is 2.14.